The Balaban J connectivity index is 2.48. The van der Waals surface area contributed by atoms with Crippen molar-refractivity contribution < 1.29 is 18.7 Å². The van der Waals surface area contributed by atoms with Crippen molar-refractivity contribution >= 4 is 21.7 Å². The molecule has 0 N–H and O–H groups in total. The highest BCUT2D eigenvalue weighted by atomic mass is 79.9. The molecule has 0 spiro atoms. The summed E-state index contributed by atoms with van der Waals surface area (Å²) in [5.41, 5.74) is 0.983. The number of hydrogen-bond acceptors (Lipinski definition) is 4. The number of hydrogen-bond donors (Lipinski definition) is 0. The molecular formula is C13H11BrO4. The van der Waals surface area contributed by atoms with Gasteiger partial charge in [0.05, 0.1) is 26.0 Å². The summed E-state index contributed by atoms with van der Waals surface area (Å²) in [6, 6.07) is 4.95. The van der Waals surface area contributed by atoms with Crippen LogP contribution in [0, 0.1) is 0 Å². The fourth-order valence-corrected chi connectivity index (χ4v) is 2.08. The fraction of sp³-hybridized carbons (Fsp3) is 0.154. The Morgan fingerprint density at radius 2 is 1.89 bits per heavy atom. The van der Waals surface area contributed by atoms with E-state index in [0.29, 0.717) is 27.1 Å². The van der Waals surface area contributed by atoms with Crippen LogP contribution in [0.3, 0.4) is 0 Å². The van der Waals surface area contributed by atoms with Crippen LogP contribution in [0.2, 0.25) is 0 Å². The van der Waals surface area contributed by atoms with Crippen molar-refractivity contribution in [3.05, 3.63) is 46.3 Å². The fourth-order valence-electron chi connectivity index (χ4n) is 1.58. The van der Waals surface area contributed by atoms with E-state index < -0.39 is 0 Å². The molecule has 0 unspecified atom stereocenters. The van der Waals surface area contributed by atoms with Crippen molar-refractivity contribution in [3.8, 4) is 11.5 Å². The standard InChI is InChI=1S/C13H11BrO4/c1-16-11-5-9(10(14)6-12(11)17-2)13(15)8-3-4-18-7-8/h3-7H,1-2H3. The van der Waals surface area contributed by atoms with Gasteiger partial charge in [0, 0.05) is 10.0 Å². The Labute approximate surface area is 113 Å². The van der Waals surface area contributed by atoms with Gasteiger partial charge < -0.3 is 13.9 Å². The van der Waals surface area contributed by atoms with Crippen LogP contribution in [0.1, 0.15) is 15.9 Å². The molecule has 1 aromatic carbocycles. The molecule has 1 heterocycles. The molecule has 0 aliphatic rings. The van der Waals surface area contributed by atoms with Crippen LogP contribution >= 0.6 is 15.9 Å². The second-order valence-corrected chi connectivity index (χ2v) is 4.38. The molecule has 0 bridgehead atoms. The van der Waals surface area contributed by atoms with Gasteiger partial charge in [-0.25, -0.2) is 0 Å². The van der Waals surface area contributed by atoms with E-state index in [1.807, 2.05) is 0 Å². The first kappa shape index (κ1) is 12.7. The Morgan fingerprint density at radius 3 is 2.44 bits per heavy atom. The number of ether oxygens (including phenoxy) is 2. The van der Waals surface area contributed by atoms with Crippen molar-refractivity contribution in [2.24, 2.45) is 0 Å². The third-order valence-electron chi connectivity index (χ3n) is 2.50. The first-order valence-corrected chi connectivity index (χ1v) is 5.95. The van der Waals surface area contributed by atoms with Gasteiger partial charge >= 0.3 is 0 Å². The maximum absolute atomic E-state index is 12.2. The van der Waals surface area contributed by atoms with E-state index in [1.54, 1.807) is 25.3 Å². The Kier molecular flexibility index (Phi) is 3.72. The minimum atomic E-state index is -0.142. The summed E-state index contributed by atoms with van der Waals surface area (Å²) in [7, 11) is 3.07. The molecule has 2 aromatic rings. The number of rotatable bonds is 4. The normalized spacial score (nSPS) is 10.2. The minimum absolute atomic E-state index is 0.142. The van der Waals surface area contributed by atoms with Crippen LogP contribution in [0.5, 0.6) is 11.5 Å². The highest BCUT2D eigenvalue weighted by molar-refractivity contribution is 9.10. The third-order valence-corrected chi connectivity index (χ3v) is 3.16. The lowest BCUT2D eigenvalue weighted by Crippen LogP contribution is -2.02. The molecular weight excluding hydrogens is 300 g/mol. The van der Waals surface area contributed by atoms with Crippen LogP contribution in [-0.2, 0) is 0 Å². The van der Waals surface area contributed by atoms with E-state index in [-0.39, 0.29) is 5.78 Å². The lowest BCUT2D eigenvalue weighted by atomic mass is 10.1. The molecule has 0 radical (unpaired) electrons. The van der Waals surface area contributed by atoms with Gasteiger partial charge in [-0.1, -0.05) is 0 Å². The first-order chi connectivity index (χ1) is 8.67. The second kappa shape index (κ2) is 5.27. The molecule has 0 amide bonds. The summed E-state index contributed by atoms with van der Waals surface area (Å²) in [5, 5.41) is 0. The SMILES string of the molecule is COc1cc(Br)c(C(=O)c2ccoc2)cc1OC. The van der Waals surface area contributed by atoms with E-state index in [1.165, 1.54) is 19.6 Å². The van der Waals surface area contributed by atoms with E-state index >= 15 is 0 Å². The van der Waals surface area contributed by atoms with Gasteiger partial charge in [0.25, 0.3) is 0 Å². The average Bonchev–Trinajstić information content (AvgIpc) is 2.91. The van der Waals surface area contributed by atoms with E-state index in [0.717, 1.165) is 0 Å². The molecule has 1 aromatic heterocycles. The number of benzene rings is 1. The molecule has 0 aliphatic heterocycles. The largest absolute Gasteiger partial charge is 0.493 e. The van der Waals surface area contributed by atoms with Gasteiger partial charge in [-0.2, -0.15) is 0 Å². The predicted molar refractivity (Wildman–Crippen MR) is 69.4 cm³/mol. The zero-order chi connectivity index (χ0) is 13.1. The quantitative estimate of drug-likeness (QED) is 0.813. The van der Waals surface area contributed by atoms with Gasteiger partial charge in [0.1, 0.15) is 6.26 Å². The van der Waals surface area contributed by atoms with Crippen molar-refractivity contribution in [2.45, 2.75) is 0 Å². The lowest BCUT2D eigenvalue weighted by molar-refractivity contribution is 0.103. The van der Waals surface area contributed by atoms with Crippen molar-refractivity contribution in [3.63, 3.8) is 0 Å². The monoisotopic (exact) mass is 310 g/mol. The van der Waals surface area contributed by atoms with Gasteiger partial charge in [-0.3, -0.25) is 4.79 Å². The Morgan fingerprint density at radius 1 is 1.22 bits per heavy atom. The number of carbonyl (C=O) groups excluding carboxylic acids is 1. The maximum Gasteiger partial charge on any atom is 0.197 e. The molecule has 0 atom stereocenters. The minimum Gasteiger partial charge on any atom is -0.493 e. The molecule has 4 nitrogen and oxygen atoms in total. The summed E-state index contributed by atoms with van der Waals surface area (Å²) in [6.07, 6.45) is 2.87. The van der Waals surface area contributed by atoms with Crippen LogP contribution in [-0.4, -0.2) is 20.0 Å². The van der Waals surface area contributed by atoms with E-state index in [9.17, 15) is 4.79 Å². The van der Waals surface area contributed by atoms with Crippen LogP contribution in [0.4, 0.5) is 0 Å². The van der Waals surface area contributed by atoms with Crippen LogP contribution in [0.25, 0.3) is 0 Å². The molecule has 0 aliphatic carbocycles. The topological polar surface area (TPSA) is 48.7 Å². The molecule has 0 fully saturated rings. The Bertz CT molecular complexity index is 561. The highest BCUT2D eigenvalue weighted by Gasteiger charge is 2.17. The summed E-state index contributed by atoms with van der Waals surface area (Å²) in [5.74, 6) is 0.928. The number of methoxy groups -OCH3 is 2. The summed E-state index contributed by atoms with van der Waals surface area (Å²) in [4.78, 5) is 12.2. The molecule has 94 valence electrons. The predicted octanol–water partition coefficient (Wildman–Crippen LogP) is 3.29. The van der Waals surface area contributed by atoms with Crippen LogP contribution in [0.15, 0.2) is 39.6 Å². The molecule has 2 rings (SSSR count). The molecule has 0 saturated heterocycles. The Hall–Kier alpha value is -1.75. The van der Waals surface area contributed by atoms with Gasteiger partial charge in [-0.05, 0) is 34.1 Å². The third kappa shape index (κ3) is 2.26. The number of furan rings is 1. The average molecular weight is 311 g/mol. The molecule has 5 heteroatoms. The summed E-state index contributed by atoms with van der Waals surface area (Å²) >= 11 is 3.35. The summed E-state index contributed by atoms with van der Waals surface area (Å²) < 4.78 is 15.9. The van der Waals surface area contributed by atoms with Gasteiger partial charge in [-0.15, -0.1) is 0 Å². The van der Waals surface area contributed by atoms with Gasteiger partial charge in [0.2, 0.25) is 0 Å². The number of carbonyl (C=O) groups is 1. The van der Waals surface area contributed by atoms with Gasteiger partial charge in [0.15, 0.2) is 17.3 Å². The van der Waals surface area contributed by atoms with E-state index in [4.69, 9.17) is 13.9 Å². The van der Waals surface area contributed by atoms with Crippen molar-refractivity contribution in [1.82, 2.24) is 0 Å². The maximum atomic E-state index is 12.2. The molecule has 18 heavy (non-hydrogen) atoms. The molecule has 0 saturated carbocycles. The van der Waals surface area contributed by atoms with Crippen LogP contribution < -0.4 is 9.47 Å². The smallest absolute Gasteiger partial charge is 0.197 e. The second-order valence-electron chi connectivity index (χ2n) is 3.53. The number of halogens is 1. The summed E-state index contributed by atoms with van der Waals surface area (Å²) in [6.45, 7) is 0. The van der Waals surface area contributed by atoms with Crippen molar-refractivity contribution in [1.29, 1.82) is 0 Å². The lowest BCUT2D eigenvalue weighted by Gasteiger charge is -2.10. The zero-order valence-electron chi connectivity index (χ0n) is 9.90. The van der Waals surface area contributed by atoms with E-state index in [2.05, 4.69) is 15.9 Å². The highest BCUT2D eigenvalue weighted by Crippen LogP contribution is 2.34. The number of ketones is 1. The van der Waals surface area contributed by atoms with Crippen molar-refractivity contribution in [2.75, 3.05) is 14.2 Å². The zero-order valence-corrected chi connectivity index (χ0v) is 11.5. The first-order valence-electron chi connectivity index (χ1n) is 5.15.